The molecule has 6 nitrogen and oxygen atoms in total. The van der Waals surface area contributed by atoms with Crippen LogP contribution in [0.25, 0.3) is 5.65 Å². The number of hydrogen-bond acceptors (Lipinski definition) is 3. The smallest absolute Gasteiger partial charge is 0.349 e. The Kier molecular flexibility index (Phi) is 4.73. The van der Waals surface area contributed by atoms with Crippen LogP contribution in [-0.4, -0.2) is 19.9 Å². The Morgan fingerprint density at radius 1 is 1.15 bits per heavy atom. The number of carbonyl (C=O) groups excluding carboxylic acids is 1. The number of hydrogen-bond donors (Lipinski definition) is 1. The minimum atomic E-state index is -4.59. The fourth-order valence-corrected chi connectivity index (χ4v) is 2.49. The van der Waals surface area contributed by atoms with E-state index in [9.17, 15) is 22.8 Å². The van der Waals surface area contributed by atoms with Crippen LogP contribution in [0.1, 0.15) is 11.3 Å². The van der Waals surface area contributed by atoms with Crippen LogP contribution in [0.4, 0.5) is 13.2 Å². The van der Waals surface area contributed by atoms with Gasteiger partial charge in [-0.1, -0.05) is 11.6 Å². The standard InChI is InChI=1S/C16H12ClF3N4O2/c17-11-2-3-13-22-12(8-23(13)7-11)5-21-14(25)9-24-6-10(16(18,19)20)1-4-15(24)26/h1-4,6-8H,5,9H2,(H,21,25). The molecular weight excluding hydrogens is 373 g/mol. The summed E-state index contributed by atoms with van der Waals surface area (Å²) in [5, 5.41) is 3.04. The molecule has 3 rings (SSSR count). The van der Waals surface area contributed by atoms with E-state index in [4.69, 9.17) is 11.6 Å². The molecule has 3 aromatic rings. The highest BCUT2D eigenvalue weighted by Gasteiger charge is 2.31. The van der Waals surface area contributed by atoms with Gasteiger partial charge in [-0.25, -0.2) is 4.98 Å². The number of pyridine rings is 2. The number of fused-ring (bicyclic) bond motifs is 1. The lowest BCUT2D eigenvalue weighted by Gasteiger charge is -2.10. The van der Waals surface area contributed by atoms with Gasteiger partial charge in [0.15, 0.2) is 0 Å². The lowest BCUT2D eigenvalue weighted by Crippen LogP contribution is -2.32. The molecule has 26 heavy (non-hydrogen) atoms. The molecule has 136 valence electrons. The summed E-state index contributed by atoms with van der Waals surface area (Å²) in [6.07, 6.45) is -0.659. The maximum absolute atomic E-state index is 12.7. The number of imidazole rings is 1. The number of aromatic nitrogens is 3. The molecule has 0 saturated carbocycles. The number of halogens is 4. The van der Waals surface area contributed by atoms with Crippen molar-refractivity contribution in [2.75, 3.05) is 0 Å². The van der Waals surface area contributed by atoms with Crippen LogP contribution in [0.2, 0.25) is 5.02 Å². The first-order valence-electron chi connectivity index (χ1n) is 7.40. The van der Waals surface area contributed by atoms with Gasteiger partial charge < -0.3 is 14.3 Å². The molecule has 10 heteroatoms. The van der Waals surface area contributed by atoms with E-state index in [0.717, 1.165) is 6.07 Å². The summed E-state index contributed by atoms with van der Waals surface area (Å²) >= 11 is 5.87. The summed E-state index contributed by atoms with van der Waals surface area (Å²) in [4.78, 5) is 27.9. The van der Waals surface area contributed by atoms with Crippen LogP contribution in [0, 0.1) is 0 Å². The van der Waals surface area contributed by atoms with E-state index >= 15 is 0 Å². The summed E-state index contributed by atoms with van der Waals surface area (Å²) in [6, 6.07) is 4.84. The third-order valence-corrected chi connectivity index (χ3v) is 3.78. The first-order valence-corrected chi connectivity index (χ1v) is 7.78. The van der Waals surface area contributed by atoms with E-state index in [1.54, 1.807) is 28.9 Å². The van der Waals surface area contributed by atoms with Crippen molar-refractivity contribution in [2.24, 2.45) is 0 Å². The van der Waals surface area contributed by atoms with Crippen molar-refractivity contribution < 1.29 is 18.0 Å². The molecule has 0 spiro atoms. The van der Waals surface area contributed by atoms with Crippen molar-refractivity contribution in [3.63, 3.8) is 0 Å². The molecule has 0 saturated heterocycles. The number of nitrogens with one attached hydrogen (secondary N) is 1. The summed E-state index contributed by atoms with van der Waals surface area (Å²) in [7, 11) is 0. The Balaban J connectivity index is 1.68. The molecule has 0 fully saturated rings. The molecule has 0 aliphatic rings. The van der Waals surface area contributed by atoms with E-state index in [-0.39, 0.29) is 6.54 Å². The van der Waals surface area contributed by atoms with Crippen molar-refractivity contribution >= 4 is 23.2 Å². The second-order valence-corrected chi connectivity index (χ2v) is 5.94. The van der Waals surface area contributed by atoms with Crippen molar-refractivity contribution in [3.05, 3.63) is 69.5 Å². The Morgan fingerprint density at radius 2 is 1.92 bits per heavy atom. The number of carbonyl (C=O) groups is 1. The Labute approximate surface area is 149 Å². The lowest BCUT2D eigenvalue weighted by molar-refractivity contribution is -0.138. The van der Waals surface area contributed by atoms with E-state index in [2.05, 4.69) is 10.3 Å². The zero-order chi connectivity index (χ0) is 18.9. The Bertz CT molecular complexity index is 1030. The molecule has 1 amide bonds. The van der Waals surface area contributed by atoms with Crippen LogP contribution < -0.4 is 10.9 Å². The van der Waals surface area contributed by atoms with Gasteiger partial charge >= 0.3 is 6.18 Å². The van der Waals surface area contributed by atoms with Crippen molar-refractivity contribution in [1.29, 1.82) is 0 Å². The zero-order valence-corrected chi connectivity index (χ0v) is 13.9. The third kappa shape index (κ3) is 4.05. The largest absolute Gasteiger partial charge is 0.417 e. The van der Waals surface area contributed by atoms with Gasteiger partial charge in [0.05, 0.1) is 22.8 Å². The van der Waals surface area contributed by atoms with Crippen LogP contribution in [0.5, 0.6) is 0 Å². The predicted molar refractivity (Wildman–Crippen MR) is 87.8 cm³/mol. The van der Waals surface area contributed by atoms with Crippen LogP contribution >= 0.6 is 11.6 Å². The fourth-order valence-electron chi connectivity index (χ4n) is 2.32. The zero-order valence-electron chi connectivity index (χ0n) is 13.1. The Morgan fingerprint density at radius 3 is 2.65 bits per heavy atom. The average Bonchev–Trinajstić information content (AvgIpc) is 2.96. The van der Waals surface area contributed by atoms with Gasteiger partial charge in [-0.05, 0) is 18.2 Å². The van der Waals surface area contributed by atoms with E-state index in [0.29, 0.717) is 33.2 Å². The van der Waals surface area contributed by atoms with Crippen molar-refractivity contribution in [2.45, 2.75) is 19.3 Å². The second kappa shape index (κ2) is 6.83. The number of nitrogens with zero attached hydrogens (tertiary/aromatic N) is 3. The molecule has 0 aliphatic heterocycles. The fraction of sp³-hybridized carbons (Fsp3) is 0.188. The molecule has 0 unspecified atom stereocenters. The molecule has 0 radical (unpaired) electrons. The summed E-state index contributed by atoms with van der Waals surface area (Å²) in [5.74, 6) is -0.610. The summed E-state index contributed by atoms with van der Waals surface area (Å²) < 4.78 is 40.5. The van der Waals surface area contributed by atoms with Gasteiger partial charge in [-0.15, -0.1) is 0 Å². The molecule has 0 bridgehead atoms. The maximum atomic E-state index is 12.7. The van der Waals surface area contributed by atoms with Crippen LogP contribution in [0.15, 0.2) is 47.7 Å². The summed E-state index contributed by atoms with van der Waals surface area (Å²) in [5.41, 5.74) is -0.526. The van der Waals surface area contributed by atoms with Crippen molar-refractivity contribution in [3.8, 4) is 0 Å². The van der Waals surface area contributed by atoms with Gasteiger partial charge in [0.25, 0.3) is 5.56 Å². The minimum Gasteiger partial charge on any atom is -0.349 e. The molecule has 1 N–H and O–H groups in total. The number of rotatable bonds is 4. The van der Waals surface area contributed by atoms with Crippen molar-refractivity contribution in [1.82, 2.24) is 19.3 Å². The first kappa shape index (κ1) is 18.0. The lowest BCUT2D eigenvalue weighted by atomic mass is 10.3. The SMILES string of the molecule is O=C(Cn1cc(C(F)(F)F)ccc1=O)NCc1cn2cc(Cl)ccc2n1. The van der Waals surface area contributed by atoms with Crippen LogP contribution in [0.3, 0.4) is 0 Å². The monoisotopic (exact) mass is 384 g/mol. The molecule has 0 atom stereocenters. The van der Waals surface area contributed by atoms with E-state index in [1.165, 1.54) is 0 Å². The van der Waals surface area contributed by atoms with E-state index in [1.807, 2.05) is 0 Å². The average molecular weight is 385 g/mol. The molecule has 0 aliphatic carbocycles. The third-order valence-electron chi connectivity index (χ3n) is 3.56. The van der Waals surface area contributed by atoms with Gasteiger partial charge in [0, 0.05) is 24.7 Å². The van der Waals surface area contributed by atoms with Gasteiger partial charge in [-0.3, -0.25) is 9.59 Å². The highest BCUT2D eigenvalue weighted by molar-refractivity contribution is 6.30. The molecule has 0 aromatic carbocycles. The normalized spacial score (nSPS) is 11.7. The maximum Gasteiger partial charge on any atom is 0.417 e. The first-order chi connectivity index (χ1) is 12.2. The van der Waals surface area contributed by atoms with Crippen LogP contribution in [-0.2, 0) is 24.1 Å². The highest BCUT2D eigenvalue weighted by atomic mass is 35.5. The quantitative estimate of drug-likeness (QED) is 0.751. The predicted octanol–water partition coefficient (Wildman–Crippen LogP) is 2.48. The minimum absolute atomic E-state index is 0.0614. The van der Waals surface area contributed by atoms with Gasteiger partial charge in [0.1, 0.15) is 12.2 Å². The molecular formula is C16H12ClF3N4O2. The number of alkyl halides is 3. The van der Waals surface area contributed by atoms with E-state index < -0.39 is 29.8 Å². The summed E-state index contributed by atoms with van der Waals surface area (Å²) in [6.45, 7) is -0.464. The second-order valence-electron chi connectivity index (χ2n) is 5.50. The van der Waals surface area contributed by atoms with Gasteiger partial charge in [0.2, 0.25) is 5.91 Å². The number of amides is 1. The molecule has 3 aromatic heterocycles. The topological polar surface area (TPSA) is 68.4 Å². The highest BCUT2D eigenvalue weighted by Crippen LogP contribution is 2.27. The molecule has 3 heterocycles. The van der Waals surface area contributed by atoms with Gasteiger partial charge in [-0.2, -0.15) is 13.2 Å². The Hall–Kier alpha value is -2.81.